The summed E-state index contributed by atoms with van der Waals surface area (Å²) >= 11 is 11.5. The number of amides is 2. The standard InChI is InChI=1S/C21H18ClN5O2S/c22-13-8-6-12(7-9-13)16-15-17(26-20(30)25-16)21(23-10-11-24-21)19(29)27(18(15)28)14-4-2-1-3-5-14/h1-9,16,23-24H,10-11H2,(H2,25,26,30). The van der Waals surface area contributed by atoms with Crippen molar-refractivity contribution in [2.45, 2.75) is 11.7 Å². The molecule has 1 unspecified atom stereocenters. The van der Waals surface area contributed by atoms with Crippen molar-refractivity contribution in [3.05, 3.63) is 76.5 Å². The SMILES string of the molecule is O=C1C2=C(NC(=S)NC2c2ccc(Cl)cc2)C2(NCCN2)C(=O)N1c1ccccc1. The van der Waals surface area contributed by atoms with Crippen LogP contribution in [0.25, 0.3) is 0 Å². The maximum Gasteiger partial charge on any atom is 0.275 e. The van der Waals surface area contributed by atoms with E-state index in [2.05, 4.69) is 21.3 Å². The Bertz CT molecular complexity index is 1080. The molecule has 4 N–H and O–H groups in total. The summed E-state index contributed by atoms with van der Waals surface area (Å²) in [5.41, 5.74) is 0.953. The zero-order valence-electron chi connectivity index (χ0n) is 15.7. The van der Waals surface area contributed by atoms with Gasteiger partial charge in [0.05, 0.1) is 23.0 Å². The van der Waals surface area contributed by atoms with Gasteiger partial charge in [-0.3, -0.25) is 20.2 Å². The highest BCUT2D eigenvalue weighted by atomic mass is 35.5. The second kappa shape index (κ2) is 7.17. The first-order valence-corrected chi connectivity index (χ1v) is 10.3. The molecule has 1 saturated heterocycles. The summed E-state index contributed by atoms with van der Waals surface area (Å²) in [5.74, 6) is -0.785. The normalized spacial score (nSPS) is 22.8. The van der Waals surface area contributed by atoms with Crippen molar-refractivity contribution in [1.29, 1.82) is 0 Å². The smallest absolute Gasteiger partial charge is 0.275 e. The third-order valence-corrected chi connectivity index (χ3v) is 6.00. The number of hydrogen-bond acceptors (Lipinski definition) is 5. The Morgan fingerprint density at radius 3 is 2.33 bits per heavy atom. The van der Waals surface area contributed by atoms with Gasteiger partial charge in [0, 0.05) is 18.1 Å². The van der Waals surface area contributed by atoms with Gasteiger partial charge >= 0.3 is 0 Å². The molecule has 2 aromatic carbocycles. The van der Waals surface area contributed by atoms with Gasteiger partial charge in [0.15, 0.2) is 10.8 Å². The van der Waals surface area contributed by atoms with Crippen LogP contribution in [-0.4, -0.2) is 35.7 Å². The molecule has 2 aromatic rings. The average Bonchev–Trinajstić information content (AvgIpc) is 3.24. The van der Waals surface area contributed by atoms with E-state index in [1.54, 1.807) is 36.4 Å². The predicted octanol–water partition coefficient (Wildman–Crippen LogP) is 1.58. The number of rotatable bonds is 2. The van der Waals surface area contributed by atoms with Crippen LogP contribution in [0.2, 0.25) is 5.02 Å². The minimum absolute atomic E-state index is 0.345. The van der Waals surface area contributed by atoms with Crippen molar-refractivity contribution in [1.82, 2.24) is 21.3 Å². The van der Waals surface area contributed by atoms with Gasteiger partial charge in [0.1, 0.15) is 0 Å². The van der Waals surface area contributed by atoms with Gasteiger partial charge in [0.2, 0.25) is 0 Å². The molecule has 0 radical (unpaired) electrons. The van der Waals surface area contributed by atoms with Crippen LogP contribution in [0.15, 0.2) is 65.9 Å². The number of imide groups is 1. The van der Waals surface area contributed by atoms with Gasteiger partial charge in [-0.1, -0.05) is 41.9 Å². The molecule has 3 aliphatic rings. The van der Waals surface area contributed by atoms with Crippen molar-refractivity contribution in [3.8, 4) is 0 Å². The van der Waals surface area contributed by atoms with E-state index in [1.165, 1.54) is 4.90 Å². The number of anilines is 1. The molecule has 3 aliphatic heterocycles. The lowest BCUT2D eigenvalue weighted by atomic mass is 9.85. The third-order valence-electron chi connectivity index (χ3n) is 5.53. The van der Waals surface area contributed by atoms with Crippen molar-refractivity contribution >= 4 is 46.4 Å². The van der Waals surface area contributed by atoms with Crippen molar-refractivity contribution in [2.75, 3.05) is 18.0 Å². The lowest BCUT2D eigenvalue weighted by Crippen LogP contribution is -2.72. The molecule has 0 saturated carbocycles. The Kier molecular flexibility index (Phi) is 4.59. The van der Waals surface area contributed by atoms with Gasteiger partial charge in [0.25, 0.3) is 11.8 Å². The van der Waals surface area contributed by atoms with Gasteiger partial charge in [-0.05, 0) is 42.0 Å². The Balaban J connectivity index is 1.72. The number of carbonyl (C=O) groups is 2. The Hall–Kier alpha value is -2.78. The van der Waals surface area contributed by atoms with Gasteiger partial charge in [-0.15, -0.1) is 0 Å². The summed E-state index contributed by atoms with van der Waals surface area (Å²) in [7, 11) is 0. The van der Waals surface area contributed by atoms with Gasteiger partial charge in [-0.2, -0.15) is 0 Å². The highest BCUT2D eigenvalue weighted by Gasteiger charge is 2.57. The summed E-state index contributed by atoms with van der Waals surface area (Å²) in [5, 5.41) is 13.7. The Labute approximate surface area is 183 Å². The van der Waals surface area contributed by atoms with E-state index in [4.69, 9.17) is 23.8 Å². The predicted molar refractivity (Wildman–Crippen MR) is 118 cm³/mol. The minimum atomic E-state index is -1.25. The van der Waals surface area contributed by atoms with Crippen LogP contribution in [0, 0.1) is 0 Å². The molecule has 0 aromatic heterocycles. The van der Waals surface area contributed by atoms with Crippen LogP contribution in [0.1, 0.15) is 11.6 Å². The first kappa shape index (κ1) is 19.2. The molecule has 9 heteroatoms. The Morgan fingerprint density at radius 2 is 1.67 bits per heavy atom. The third kappa shape index (κ3) is 2.84. The summed E-state index contributed by atoms with van der Waals surface area (Å²) in [6, 6.07) is 15.6. The average molecular weight is 440 g/mol. The van der Waals surface area contributed by atoms with E-state index in [9.17, 15) is 9.59 Å². The maximum absolute atomic E-state index is 13.7. The molecular weight excluding hydrogens is 422 g/mol. The highest BCUT2D eigenvalue weighted by molar-refractivity contribution is 7.80. The molecular formula is C21H18ClN5O2S. The van der Waals surface area contributed by atoms with E-state index >= 15 is 0 Å². The molecule has 152 valence electrons. The van der Waals surface area contributed by atoms with Crippen molar-refractivity contribution in [2.24, 2.45) is 0 Å². The number of nitrogens with one attached hydrogen (secondary N) is 4. The fraction of sp³-hybridized carbons (Fsp3) is 0.190. The fourth-order valence-corrected chi connectivity index (χ4v) is 4.53. The molecule has 30 heavy (non-hydrogen) atoms. The molecule has 1 spiro atoms. The number of hydrogen-bond donors (Lipinski definition) is 4. The van der Waals surface area contributed by atoms with Crippen molar-refractivity contribution < 1.29 is 9.59 Å². The molecule has 3 heterocycles. The lowest BCUT2D eigenvalue weighted by molar-refractivity contribution is -0.130. The first-order chi connectivity index (χ1) is 14.5. The monoisotopic (exact) mass is 439 g/mol. The zero-order valence-corrected chi connectivity index (χ0v) is 17.3. The number of halogens is 1. The largest absolute Gasteiger partial charge is 0.351 e. The number of fused-ring (bicyclic) bond motifs is 1. The van der Waals surface area contributed by atoms with E-state index in [0.717, 1.165) is 5.56 Å². The first-order valence-electron chi connectivity index (χ1n) is 9.53. The maximum atomic E-state index is 13.7. The Morgan fingerprint density at radius 1 is 1.00 bits per heavy atom. The van der Waals surface area contributed by atoms with Crippen LogP contribution in [0.4, 0.5) is 5.69 Å². The van der Waals surface area contributed by atoms with Crippen LogP contribution < -0.4 is 26.2 Å². The van der Waals surface area contributed by atoms with E-state index in [1.807, 2.05) is 18.2 Å². The van der Waals surface area contributed by atoms with Crippen LogP contribution >= 0.6 is 23.8 Å². The quantitative estimate of drug-likeness (QED) is 0.417. The van der Waals surface area contributed by atoms with Crippen molar-refractivity contribution in [3.63, 3.8) is 0 Å². The number of benzene rings is 2. The highest BCUT2D eigenvalue weighted by Crippen LogP contribution is 2.39. The fourth-order valence-electron chi connectivity index (χ4n) is 4.19. The van der Waals surface area contributed by atoms with E-state index in [0.29, 0.717) is 40.2 Å². The van der Waals surface area contributed by atoms with Crippen LogP contribution in [0.3, 0.4) is 0 Å². The zero-order chi connectivity index (χ0) is 20.9. The number of thiocarbonyl (C=S) groups is 1. The van der Waals surface area contributed by atoms with Gasteiger partial charge in [-0.25, -0.2) is 4.90 Å². The molecule has 0 bridgehead atoms. The molecule has 7 nitrogen and oxygen atoms in total. The molecule has 0 aliphatic carbocycles. The summed E-state index contributed by atoms with van der Waals surface area (Å²) in [6.45, 7) is 1.15. The van der Waals surface area contributed by atoms with Gasteiger partial charge < -0.3 is 10.6 Å². The molecule has 1 fully saturated rings. The lowest BCUT2D eigenvalue weighted by Gasteiger charge is -2.45. The summed E-state index contributed by atoms with van der Waals surface area (Å²) < 4.78 is 0. The molecule has 2 amide bonds. The number of carbonyl (C=O) groups excluding carboxylic acids is 2. The van der Waals surface area contributed by atoms with E-state index in [-0.39, 0.29) is 5.91 Å². The second-order valence-corrected chi connectivity index (χ2v) is 8.10. The topological polar surface area (TPSA) is 85.5 Å². The summed E-state index contributed by atoms with van der Waals surface area (Å²) in [4.78, 5) is 28.6. The van der Waals surface area contributed by atoms with Crippen LogP contribution in [0.5, 0.6) is 0 Å². The van der Waals surface area contributed by atoms with E-state index < -0.39 is 17.6 Å². The molecule has 1 atom stereocenters. The summed E-state index contributed by atoms with van der Waals surface area (Å²) in [6.07, 6.45) is 0. The van der Waals surface area contributed by atoms with Crippen LogP contribution in [-0.2, 0) is 9.59 Å². The number of para-hydroxylation sites is 1. The number of nitrogens with zero attached hydrogens (tertiary/aromatic N) is 1. The molecule has 5 rings (SSSR count). The minimum Gasteiger partial charge on any atom is -0.351 e. The second-order valence-electron chi connectivity index (χ2n) is 7.26.